The molecule has 0 fully saturated rings. The van der Waals surface area contributed by atoms with Crippen LogP contribution in [0.25, 0.3) is 0 Å². The Hall–Kier alpha value is -2.86. The normalized spacial score (nSPS) is 13.2. The zero-order valence-corrected chi connectivity index (χ0v) is 12.8. The van der Waals surface area contributed by atoms with Crippen molar-refractivity contribution in [2.24, 2.45) is 5.73 Å². The number of carbonyl (C=O) groups is 3. The lowest BCUT2D eigenvalue weighted by Gasteiger charge is -2.18. The van der Waals surface area contributed by atoms with Crippen LogP contribution in [0.5, 0.6) is 5.75 Å². The highest BCUT2D eigenvalue weighted by molar-refractivity contribution is 6.40. The van der Waals surface area contributed by atoms with E-state index >= 15 is 0 Å². The quantitative estimate of drug-likeness (QED) is 0.874. The second-order valence-electron chi connectivity index (χ2n) is 4.86. The van der Waals surface area contributed by atoms with Crippen molar-refractivity contribution in [3.63, 3.8) is 0 Å². The first-order valence-corrected chi connectivity index (χ1v) is 6.98. The number of hydrogen-bond donors (Lipinski definition) is 1. The van der Waals surface area contributed by atoms with Crippen LogP contribution < -0.4 is 15.4 Å². The molecule has 1 aliphatic heterocycles. The summed E-state index contributed by atoms with van der Waals surface area (Å²) in [6.45, 7) is 0. The molecule has 0 saturated carbocycles. The van der Waals surface area contributed by atoms with Gasteiger partial charge >= 0.3 is 0 Å². The van der Waals surface area contributed by atoms with Crippen molar-refractivity contribution in [1.29, 1.82) is 0 Å². The Kier molecular flexibility index (Phi) is 3.54. The smallest absolute Gasteiger partial charge is 0.266 e. The summed E-state index contributed by atoms with van der Waals surface area (Å²) in [4.78, 5) is 37.4. The summed E-state index contributed by atoms with van der Waals surface area (Å²) in [5, 5.41) is 0.0501. The van der Waals surface area contributed by atoms with E-state index in [4.69, 9.17) is 22.1 Å². The Labute approximate surface area is 136 Å². The first kappa shape index (κ1) is 15.1. The third-order valence-electron chi connectivity index (χ3n) is 3.57. The zero-order valence-electron chi connectivity index (χ0n) is 12.0. The molecule has 0 spiro atoms. The van der Waals surface area contributed by atoms with E-state index < -0.39 is 17.7 Å². The summed E-state index contributed by atoms with van der Waals surface area (Å²) in [5.41, 5.74) is 6.06. The summed E-state index contributed by atoms with van der Waals surface area (Å²) in [6, 6.07) is 9.11. The number of fused-ring (bicyclic) bond motifs is 1. The van der Waals surface area contributed by atoms with Gasteiger partial charge in [-0.1, -0.05) is 23.7 Å². The molecule has 3 amide bonds. The van der Waals surface area contributed by atoms with Gasteiger partial charge in [-0.3, -0.25) is 14.4 Å². The molecule has 1 aliphatic rings. The van der Waals surface area contributed by atoms with Crippen LogP contribution in [0, 0.1) is 0 Å². The lowest BCUT2D eigenvalue weighted by atomic mass is 10.1. The number of ether oxygens (including phenoxy) is 1. The topological polar surface area (TPSA) is 89.7 Å². The van der Waals surface area contributed by atoms with Gasteiger partial charge in [-0.2, -0.15) is 0 Å². The van der Waals surface area contributed by atoms with E-state index in [1.165, 1.54) is 19.2 Å². The molecule has 3 rings (SSSR count). The van der Waals surface area contributed by atoms with Crippen LogP contribution in [0.1, 0.15) is 31.1 Å². The van der Waals surface area contributed by atoms with Crippen LogP contribution in [0.2, 0.25) is 5.02 Å². The number of nitrogens with two attached hydrogens (primary N) is 1. The molecule has 0 aromatic heterocycles. The van der Waals surface area contributed by atoms with Crippen molar-refractivity contribution in [3.8, 4) is 5.75 Å². The van der Waals surface area contributed by atoms with Gasteiger partial charge in [0.25, 0.3) is 17.7 Å². The molecule has 0 aliphatic carbocycles. The molecule has 0 saturated heterocycles. The largest absolute Gasteiger partial charge is 0.496 e. The summed E-state index contributed by atoms with van der Waals surface area (Å²) >= 11 is 6.15. The molecule has 2 aromatic rings. The number of rotatable bonds is 3. The minimum absolute atomic E-state index is 0.0501. The summed E-state index contributed by atoms with van der Waals surface area (Å²) in [6.07, 6.45) is 0. The fourth-order valence-corrected chi connectivity index (χ4v) is 2.73. The summed E-state index contributed by atoms with van der Waals surface area (Å²) in [5.74, 6) is -1.56. The van der Waals surface area contributed by atoms with E-state index in [-0.39, 0.29) is 22.0 Å². The van der Waals surface area contributed by atoms with Gasteiger partial charge in [-0.25, -0.2) is 4.90 Å². The van der Waals surface area contributed by atoms with Crippen LogP contribution in [-0.2, 0) is 0 Å². The van der Waals surface area contributed by atoms with Gasteiger partial charge in [0.15, 0.2) is 0 Å². The minimum Gasteiger partial charge on any atom is -0.496 e. The van der Waals surface area contributed by atoms with Crippen molar-refractivity contribution < 1.29 is 19.1 Å². The van der Waals surface area contributed by atoms with Gasteiger partial charge in [0.1, 0.15) is 5.75 Å². The van der Waals surface area contributed by atoms with Gasteiger partial charge in [0, 0.05) is 6.07 Å². The molecule has 7 heteroatoms. The SMILES string of the molecule is COc1cc(N2C(=O)c3ccccc3C2=O)c(Cl)cc1C(N)=O. The predicted molar refractivity (Wildman–Crippen MR) is 84.1 cm³/mol. The average Bonchev–Trinajstić information content (AvgIpc) is 2.79. The van der Waals surface area contributed by atoms with Crippen molar-refractivity contribution in [1.82, 2.24) is 0 Å². The molecule has 6 nitrogen and oxygen atoms in total. The molecule has 2 N–H and O–H groups in total. The maximum atomic E-state index is 12.5. The van der Waals surface area contributed by atoms with Crippen molar-refractivity contribution >= 4 is 35.0 Å². The average molecular weight is 331 g/mol. The van der Waals surface area contributed by atoms with Crippen LogP contribution >= 0.6 is 11.6 Å². The van der Waals surface area contributed by atoms with Gasteiger partial charge in [0.2, 0.25) is 0 Å². The second kappa shape index (κ2) is 5.40. The summed E-state index contributed by atoms with van der Waals surface area (Å²) < 4.78 is 5.10. The van der Waals surface area contributed by atoms with E-state index in [9.17, 15) is 14.4 Å². The molecular weight excluding hydrogens is 320 g/mol. The number of imide groups is 1. The molecule has 0 atom stereocenters. The molecule has 0 bridgehead atoms. The number of halogens is 1. The first-order valence-electron chi connectivity index (χ1n) is 6.61. The molecule has 1 heterocycles. The summed E-state index contributed by atoms with van der Waals surface area (Å²) in [7, 11) is 1.35. The third-order valence-corrected chi connectivity index (χ3v) is 3.87. The van der Waals surface area contributed by atoms with Crippen molar-refractivity contribution in [2.75, 3.05) is 12.0 Å². The van der Waals surface area contributed by atoms with E-state index in [0.717, 1.165) is 4.90 Å². The number of primary amides is 1. The molecule has 0 radical (unpaired) electrons. The van der Waals surface area contributed by atoms with Gasteiger partial charge < -0.3 is 10.5 Å². The standard InChI is InChI=1S/C16H11ClN2O4/c1-23-13-7-12(11(17)6-10(13)14(18)20)19-15(21)8-4-2-3-5-9(8)16(19)22/h2-7H,1H3,(H2,18,20). The van der Waals surface area contributed by atoms with Crippen LogP contribution in [0.3, 0.4) is 0 Å². The Morgan fingerprint density at radius 3 is 2.17 bits per heavy atom. The maximum absolute atomic E-state index is 12.5. The minimum atomic E-state index is -0.724. The van der Waals surface area contributed by atoms with Gasteiger partial charge in [-0.05, 0) is 18.2 Å². The van der Waals surface area contributed by atoms with E-state index in [1.54, 1.807) is 24.3 Å². The lowest BCUT2D eigenvalue weighted by molar-refractivity contribution is 0.0925. The lowest BCUT2D eigenvalue weighted by Crippen LogP contribution is -2.30. The Bertz CT molecular complexity index is 828. The van der Waals surface area contributed by atoms with E-state index in [2.05, 4.69) is 0 Å². The zero-order chi connectivity index (χ0) is 16.7. The van der Waals surface area contributed by atoms with Gasteiger partial charge in [0.05, 0.1) is 34.5 Å². The van der Waals surface area contributed by atoms with E-state index in [0.29, 0.717) is 11.1 Å². The van der Waals surface area contributed by atoms with E-state index in [1.807, 2.05) is 0 Å². The number of methoxy groups -OCH3 is 1. The van der Waals surface area contributed by atoms with Crippen molar-refractivity contribution in [2.45, 2.75) is 0 Å². The highest BCUT2D eigenvalue weighted by atomic mass is 35.5. The second-order valence-corrected chi connectivity index (χ2v) is 5.27. The number of anilines is 1. The molecule has 23 heavy (non-hydrogen) atoms. The molecular formula is C16H11ClN2O4. The molecule has 116 valence electrons. The molecule has 0 unspecified atom stereocenters. The van der Waals surface area contributed by atoms with Crippen molar-refractivity contribution in [3.05, 3.63) is 58.1 Å². The first-order chi connectivity index (χ1) is 11.0. The fraction of sp³-hybridized carbons (Fsp3) is 0.0625. The molecule has 2 aromatic carbocycles. The highest BCUT2D eigenvalue weighted by Crippen LogP contribution is 2.37. The van der Waals surface area contributed by atoms with Crippen LogP contribution in [0.4, 0.5) is 5.69 Å². The third kappa shape index (κ3) is 2.24. The number of nitrogens with zero attached hydrogens (tertiary/aromatic N) is 1. The maximum Gasteiger partial charge on any atom is 0.266 e. The Morgan fingerprint density at radius 1 is 1.13 bits per heavy atom. The number of benzene rings is 2. The van der Waals surface area contributed by atoms with Gasteiger partial charge in [-0.15, -0.1) is 0 Å². The number of hydrogen-bond acceptors (Lipinski definition) is 4. The Balaban J connectivity index is 2.16. The van der Waals surface area contributed by atoms with Crippen LogP contribution in [-0.4, -0.2) is 24.8 Å². The van der Waals surface area contributed by atoms with Crippen LogP contribution in [0.15, 0.2) is 36.4 Å². The monoisotopic (exact) mass is 330 g/mol. The number of amides is 3. The predicted octanol–water partition coefficient (Wildman–Crippen LogP) is 2.25. The number of carbonyl (C=O) groups excluding carboxylic acids is 3. The fourth-order valence-electron chi connectivity index (χ4n) is 2.48. The highest BCUT2D eigenvalue weighted by Gasteiger charge is 2.37. The Morgan fingerprint density at radius 2 is 1.70 bits per heavy atom.